The zero-order chi connectivity index (χ0) is 11.4. The van der Waals surface area contributed by atoms with Crippen molar-refractivity contribution < 1.29 is 0 Å². The topological polar surface area (TPSA) is 50.9 Å². The number of rotatable bonds is 4. The van der Waals surface area contributed by atoms with Gasteiger partial charge in [-0.3, -0.25) is 11.3 Å². The zero-order valence-corrected chi connectivity index (χ0v) is 11.2. The number of nitrogens with two attached hydrogens (primary N) is 1. The fraction of sp³-hybridized carbons (Fsp3) is 0.727. The van der Waals surface area contributed by atoms with Gasteiger partial charge in [-0.2, -0.15) is 11.8 Å². The van der Waals surface area contributed by atoms with Gasteiger partial charge in [0.2, 0.25) is 0 Å². The van der Waals surface area contributed by atoms with Gasteiger partial charge in [0, 0.05) is 23.1 Å². The Labute approximate surface area is 105 Å². The lowest BCUT2D eigenvalue weighted by molar-refractivity contribution is 0.469. The minimum absolute atomic E-state index is 0.367. The summed E-state index contributed by atoms with van der Waals surface area (Å²) in [5.41, 5.74) is 4.15. The van der Waals surface area contributed by atoms with Crippen LogP contribution in [0.1, 0.15) is 30.0 Å². The van der Waals surface area contributed by atoms with E-state index in [1.807, 2.05) is 0 Å². The lowest BCUT2D eigenvalue weighted by Crippen LogP contribution is -2.45. The highest BCUT2D eigenvalue weighted by Crippen LogP contribution is 2.28. The number of hydrogen-bond donors (Lipinski definition) is 2. The first-order valence-electron chi connectivity index (χ1n) is 5.78. The molecule has 1 aromatic rings. The zero-order valence-electron chi connectivity index (χ0n) is 9.61. The van der Waals surface area contributed by atoms with E-state index in [9.17, 15) is 0 Å². The Balaban J connectivity index is 1.94. The normalized spacial score (nSPS) is 23.2. The van der Waals surface area contributed by atoms with E-state index in [4.69, 9.17) is 5.84 Å². The average molecular weight is 257 g/mol. The predicted molar refractivity (Wildman–Crippen MR) is 71.8 cm³/mol. The molecule has 1 aromatic heterocycles. The molecular formula is C11H19N3S2. The summed E-state index contributed by atoms with van der Waals surface area (Å²) in [6.07, 6.45) is 4.93. The van der Waals surface area contributed by atoms with Crippen molar-refractivity contribution in [2.24, 2.45) is 5.84 Å². The molecule has 90 valence electrons. The monoisotopic (exact) mass is 257 g/mol. The molecule has 5 heteroatoms. The van der Waals surface area contributed by atoms with E-state index in [1.165, 1.54) is 30.7 Å². The summed E-state index contributed by atoms with van der Waals surface area (Å²) in [5.74, 6) is 6.95. The molecule has 1 aliphatic heterocycles. The standard InChI is InChI=1S/C11H19N3S2/c1-8-13-9(7-16-8)6-10(14-12)11-4-2-3-5-15-11/h7,10-11,14H,2-6,12H2,1H3. The molecule has 0 bridgehead atoms. The van der Waals surface area contributed by atoms with Gasteiger partial charge in [-0.1, -0.05) is 6.42 Å². The lowest BCUT2D eigenvalue weighted by atomic mass is 10.0. The van der Waals surface area contributed by atoms with Crippen molar-refractivity contribution in [3.05, 3.63) is 16.1 Å². The summed E-state index contributed by atoms with van der Waals surface area (Å²) in [6, 6.07) is 0.367. The van der Waals surface area contributed by atoms with Crippen molar-refractivity contribution >= 4 is 23.1 Å². The molecule has 2 rings (SSSR count). The van der Waals surface area contributed by atoms with Gasteiger partial charge in [-0.05, 0) is 25.5 Å². The van der Waals surface area contributed by atoms with Crippen molar-refractivity contribution in [2.45, 2.75) is 43.9 Å². The van der Waals surface area contributed by atoms with Crippen LogP contribution in [0, 0.1) is 6.92 Å². The average Bonchev–Trinajstić information content (AvgIpc) is 2.73. The lowest BCUT2D eigenvalue weighted by Gasteiger charge is -2.28. The van der Waals surface area contributed by atoms with Crippen molar-refractivity contribution in [2.75, 3.05) is 5.75 Å². The second kappa shape index (κ2) is 6.00. The van der Waals surface area contributed by atoms with Gasteiger partial charge in [-0.15, -0.1) is 11.3 Å². The molecule has 2 unspecified atom stereocenters. The maximum absolute atomic E-state index is 5.67. The first-order chi connectivity index (χ1) is 7.79. The third kappa shape index (κ3) is 3.20. The fourth-order valence-corrected chi connectivity index (χ4v) is 4.15. The van der Waals surface area contributed by atoms with E-state index >= 15 is 0 Å². The molecular weight excluding hydrogens is 238 g/mol. The first kappa shape index (κ1) is 12.4. The molecule has 3 N–H and O–H groups in total. The molecule has 1 saturated heterocycles. The summed E-state index contributed by atoms with van der Waals surface area (Å²) >= 11 is 3.77. The third-order valence-corrected chi connectivity index (χ3v) is 5.31. The summed E-state index contributed by atoms with van der Waals surface area (Å²) in [5, 5.41) is 3.94. The SMILES string of the molecule is Cc1nc(CC(NN)C2CCCCS2)cs1. The fourth-order valence-electron chi connectivity index (χ4n) is 2.11. The van der Waals surface area contributed by atoms with Crippen molar-refractivity contribution in [3.63, 3.8) is 0 Å². The number of aromatic nitrogens is 1. The van der Waals surface area contributed by atoms with Crippen LogP contribution in [0.15, 0.2) is 5.38 Å². The molecule has 1 fully saturated rings. The quantitative estimate of drug-likeness (QED) is 0.641. The van der Waals surface area contributed by atoms with Crippen LogP contribution >= 0.6 is 23.1 Å². The number of thiazole rings is 1. The number of nitrogens with one attached hydrogen (secondary N) is 1. The van der Waals surface area contributed by atoms with Gasteiger partial charge in [0.15, 0.2) is 0 Å². The molecule has 0 aliphatic carbocycles. The van der Waals surface area contributed by atoms with Crippen LogP contribution in [-0.2, 0) is 6.42 Å². The summed E-state index contributed by atoms with van der Waals surface area (Å²) < 4.78 is 0. The number of nitrogens with zero attached hydrogens (tertiary/aromatic N) is 1. The van der Waals surface area contributed by atoms with Gasteiger partial charge in [-0.25, -0.2) is 4.98 Å². The predicted octanol–water partition coefficient (Wildman–Crippen LogP) is 2.11. The van der Waals surface area contributed by atoms with Crippen LogP contribution in [0.2, 0.25) is 0 Å². The van der Waals surface area contributed by atoms with E-state index in [0.717, 1.165) is 11.4 Å². The van der Waals surface area contributed by atoms with Crippen LogP contribution in [-0.4, -0.2) is 22.0 Å². The van der Waals surface area contributed by atoms with Crippen LogP contribution in [0.25, 0.3) is 0 Å². The van der Waals surface area contributed by atoms with E-state index in [1.54, 1.807) is 11.3 Å². The van der Waals surface area contributed by atoms with Crippen molar-refractivity contribution in [3.8, 4) is 0 Å². The minimum atomic E-state index is 0.367. The Morgan fingerprint density at radius 3 is 3.06 bits per heavy atom. The molecule has 2 heterocycles. The first-order valence-corrected chi connectivity index (χ1v) is 7.71. The van der Waals surface area contributed by atoms with Crippen molar-refractivity contribution in [1.82, 2.24) is 10.4 Å². The van der Waals surface area contributed by atoms with Crippen LogP contribution in [0.4, 0.5) is 0 Å². The highest BCUT2D eigenvalue weighted by molar-refractivity contribution is 8.00. The number of thioether (sulfide) groups is 1. The van der Waals surface area contributed by atoms with Gasteiger partial charge in [0.25, 0.3) is 0 Å². The van der Waals surface area contributed by atoms with E-state index in [0.29, 0.717) is 11.3 Å². The minimum Gasteiger partial charge on any atom is -0.271 e. The highest BCUT2D eigenvalue weighted by Gasteiger charge is 2.24. The molecule has 0 aromatic carbocycles. The van der Waals surface area contributed by atoms with Gasteiger partial charge in [0.1, 0.15) is 0 Å². The second-order valence-electron chi connectivity index (χ2n) is 4.24. The van der Waals surface area contributed by atoms with Gasteiger partial charge in [0.05, 0.1) is 10.7 Å². The molecule has 16 heavy (non-hydrogen) atoms. The number of hydrazine groups is 1. The molecule has 1 aliphatic rings. The van der Waals surface area contributed by atoms with E-state index in [2.05, 4.69) is 34.5 Å². The molecule has 0 spiro atoms. The van der Waals surface area contributed by atoms with Crippen LogP contribution < -0.4 is 11.3 Å². The molecule has 0 amide bonds. The summed E-state index contributed by atoms with van der Waals surface area (Å²) in [6.45, 7) is 2.05. The highest BCUT2D eigenvalue weighted by atomic mass is 32.2. The van der Waals surface area contributed by atoms with Crippen LogP contribution in [0.3, 0.4) is 0 Å². The van der Waals surface area contributed by atoms with E-state index < -0.39 is 0 Å². The van der Waals surface area contributed by atoms with Gasteiger partial charge < -0.3 is 0 Å². The maximum atomic E-state index is 5.67. The maximum Gasteiger partial charge on any atom is 0.0897 e. The molecule has 2 atom stereocenters. The third-order valence-electron chi connectivity index (χ3n) is 2.97. The van der Waals surface area contributed by atoms with E-state index in [-0.39, 0.29) is 0 Å². The second-order valence-corrected chi connectivity index (χ2v) is 6.65. The summed E-state index contributed by atoms with van der Waals surface area (Å²) in [4.78, 5) is 4.51. The largest absolute Gasteiger partial charge is 0.271 e. The smallest absolute Gasteiger partial charge is 0.0897 e. The Bertz CT molecular complexity index is 321. The Morgan fingerprint density at radius 2 is 2.50 bits per heavy atom. The number of hydrogen-bond acceptors (Lipinski definition) is 5. The van der Waals surface area contributed by atoms with Gasteiger partial charge >= 0.3 is 0 Å². The molecule has 0 saturated carbocycles. The summed E-state index contributed by atoms with van der Waals surface area (Å²) in [7, 11) is 0. The van der Waals surface area contributed by atoms with Crippen LogP contribution in [0.5, 0.6) is 0 Å². The Hall–Kier alpha value is -0.100. The molecule has 0 radical (unpaired) electrons. The van der Waals surface area contributed by atoms with Crippen molar-refractivity contribution in [1.29, 1.82) is 0 Å². The Kier molecular flexibility index (Phi) is 4.64. The Morgan fingerprint density at radius 1 is 1.62 bits per heavy atom. The molecule has 3 nitrogen and oxygen atoms in total. The number of aryl methyl sites for hydroxylation is 1.